The van der Waals surface area contributed by atoms with E-state index >= 15 is 0 Å². The molecule has 0 unspecified atom stereocenters. The third kappa shape index (κ3) is 1.62. The van der Waals surface area contributed by atoms with Crippen molar-refractivity contribution in [2.45, 2.75) is 44.6 Å². The van der Waals surface area contributed by atoms with Crippen molar-refractivity contribution in [2.75, 3.05) is 0 Å². The minimum absolute atomic E-state index is 0.153. The second-order valence-electron chi connectivity index (χ2n) is 4.07. The van der Waals surface area contributed by atoms with Gasteiger partial charge < -0.3 is 4.74 Å². The molecule has 1 saturated heterocycles. The van der Waals surface area contributed by atoms with Gasteiger partial charge >= 0.3 is 5.97 Å². The van der Waals surface area contributed by atoms with Gasteiger partial charge in [-0.3, -0.25) is 0 Å². The van der Waals surface area contributed by atoms with Gasteiger partial charge in [-0.1, -0.05) is 25.8 Å². The molecule has 1 heterocycles. The molecule has 72 valence electrons. The van der Waals surface area contributed by atoms with E-state index in [1.165, 1.54) is 25.7 Å². The zero-order chi connectivity index (χ0) is 9.26. The van der Waals surface area contributed by atoms with Crippen molar-refractivity contribution < 1.29 is 9.53 Å². The highest BCUT2D eigenvalue weighted by atomic mass is 16.6. The number of esters is 1. The molecule has 0 radical (unpaired) electrons. The van der Waals surface area contributed by atoms with E-state index in [0.717, 1.165) is 12.8 Å². The average molecular weight is 180 g/mol. The fourth-order valence-corrected chi connectivity index (χ4v) is 2.35. The summed E-state index contributed by atoms with van der Waals surface area (Å²) >= 11 is 0. The Labute approximate surface area is 79.0 Å². The van der Waals surface area contributed by atoms with Crippen LogP contribution in [0.5, 0.6) is 0 Å². The van der Waals surface area contributed by atoms with Crippen LogP contribution in [-0.4, -0.2) is 12.1 Å². The number of carbonyl (C=O) groups is 1. The number of hydrogen-bond acceptors (Lipinski definition) is 2. The lowest BCUT2D eigenvalue weighted by Crippen LogP contribution is -2.18. The first-order valence-electron chi connectivity index (χ1n) is 5.19. The van der Waals surface area contributed by atoms with Crippen molar-refractivity contribution in [2.24, 2.45) is 5.92 Å². The molecular formula is C11H16O2. The van der Waals surface area contributed by atoms with Crippen LogP contribution in [0.25, 0.3) is 0 Å². The highest BCUT2D eigenvalue weighted by Gasteiger charge is 2.37. The first kappa shape index (κ1) is 8.79. The molecule has 0 aromatic rings. The van der Waals surface area contributed by atoms with Crippen LogP contribution >= 0.6 is 0 Å². The summed E-state index contributed by atoms with van der Waals surface area (Å²) in [4.78, 5) is 11.2. The molecule has 0 aromatic carbocycles. The number of rotatable bonds is 0. The van der Waals surface area contributed by atoms with Gasteiger partial charge in [0.1, 0.15) is 6.10 Å². The maximum absolute atomic E-state index is 11.2. The van der Waals surface area contributed by atoms with E-state index in [0.29, 0.717) is 11.5 Å². The van der Waals surface area contributed by atoms with Gasteiger partial charge in [0.25, 0.3) is 0 Å². The molecule has 1 aliphatic heterocycles. The molecule has 0 amide bonds. The summed E-state index contributed by atoms with van der Waals surface area (Å²) in [6, 6.07) is 0. The summed E-state index contributed by atoms with van der Waals surface area (Å²) in [6.45, 7) is 3.82. The second kappa shape index (κ2) is 3.52. The third-order valence-electron chi connectivity index (χ3n) is 3.17. The summed E-state index contributed by atoms with van der Waals surface area (Å²) < 4.78 is 5.27. The number of carbonyl (C=O) groups excluding carboxylic acids is 1. The Balaban J connectivity index is 2.08. The van der Waals surface area contributed by atoms with Crippen LogP contribution in [-0.2, 0) is 9.53 Å². The molecular weight excluding hydrogens is 164 g/mol. The monoisotopic (exact) mass is 180 g/mol. The number of ether oxygens (including phenoxy) is 1. The van der Waals surface area contributed by atoms with Gasteiger partial charge in [-0.25, -0.2) is 4.79 Å². The fraction of sp³-hybridized carbons (Fsp3) is 0.727. The molecule has 2 fully saturated rings. The Morgan fingerprint density at radius 1 is 1.15 bits per heavy atom. The summed E-state index contributed by atoms with van der Waals surface area (Å²) in [6.07, 6.45) is 7.28. The topological polar surface area (TPSA) is 26.3 Å². The highest BCUT2D eigenvalue weighted by Crippen LogP contribution is 2.35. The molecule has 2 aliphatic rings. The zero-order valence-corrected chi connectivity index (χ0v) is 7.92. The highest BCUT2D eigenvalue weighted by molar-refractivity contribution is 5.90. The predicted molar refractivity (Wildman–Crippen MR) is 50.2 cm³/mol. The van der Waals surface area contributed by atoms with Gasteiger partial charge in [0.15, 0.2) is 0 Å². The smallest absolute Gasteiger partial charge is 0.334 e. The lowest BCUT2D eigenvalue weighted by molar-refractivity contribution is -0.139. The second-order valence-corrected chi connectivity index (χ2v) is 4.07. The molecule has 1 aliphatic carbocycles. The van der Waals surface area contributed by atoms with Crippen molar-refractivity contribution >= 4 is 5.97 Å². The molecule has 0 N–H and O–H groups in total. The van der Waals surface area contributed by atoms with Crippen molar-refractivity contribution in [1.29, 1.82) is 0 Å². The van der Waals surface area contributed by atoms with Crippen LogP contribution in [0, 0.1) is 5.92 Å². The van der Waals surface area contributed by atoms with E-state index in [2.05, 4.69) is 6.58 Å². The lowest BCUT2D eigenvalue weighted by atomic mass is 9.86. The Morgan fingerprint density at radius 3 is 2.62 bits per heavy atom. The van der Waals surface area contributed by atoms with Gasteiger partial charge in [-0.05, 0) is 19.3 Å². The van der Waals surface area contributed by atoms with E-state index < -0.39 is 0 Å². The standard InChI is InChI=1S/C11H16O2/c1-8-9-6-4-2-3-5-7-10(9)13-11(8)12/h9-10H,1-7H2/t9-,10-/m0/s1. The van der Waals surface area contributed by atoms with E-state index in [4.69, 9.17) is 4.74 Å². The van der Waals surface area contributed by atoms with Crippen molar-refractivity contribution in [3.05, 3.63) is 12.2 Å². The fourth-order valence-electron chi connectivity index (χ4n) is 2.35. The largest absolute Gasteiger partial charge is 0.458 e. The van der Waals surface area contributed by atoms with E-state index in [9.17, 15) is 4.79 Å². The van der Waals surface area contributed by atoms with E-state index in [1.54, 1.807) is 0 Å². The van der Waals surface area contributed by atoms with Crippen LogP contribution < -0.4 is 0 Å². The van der Waals surface area contributed by atoms with Crippen molar-refractivity contribution in [3.8, 4) is 0 Å². The third-order valence-corrected chi connectivity index (χ3v) is 3.17. The van der Waals surface area contributed by atoms with Crippen LogP contribution in [0.4, 0.5) is 0 Å². The summed E-state index contributed by atoms with van der Waals surface area (Å²) in [5.41, 5.74) is 0.715. The van der Waals surface area contributed by atoms with Gasteiger partial charge in [0, 0.05) is 11.5 Å². The van der Waals surface area contributed by atoms with E-state index in [1.807, 2.05) is 0 Å². The number of fused-ring (bicyclic) bond motifs is 1. The molecule has 0 spiro atoms. The van der Waals surface area contributed by atoms with E-state index in [-0.39, 0.29) is 12.1 Å². The molecule has 2 nitrogen and oxygen atoms in total. The maximum Gasteiger partial charge on any atom is 0.334 e. The van der Waals surface area contributed by atoms with Gasteiger partial charge in [0.2, 0.25) is 0 Å². The van der Waals surface area contributed by atoms with Crippen molar-refractivity contribution in [1.82, 2.24) is 0 Å². The zero-order valence-electron chi connectivity index (χ0n) is 7.92. The summed E-state index contributed by atoms with van der Waals surface area (Å²) in [5.74, 6) is 0.171. The first-order chi connectivity index (χ1) is 6.29. The first-order valence-corrected chi connectivity index (χ1v) is 5.19. The Kier molecular flexibility index (Phi) is 2.38. The normalized spacial score (nSPS) is 34.8. The van der Waals surface area contributed by atoms with Crippen molar-refractivity contribution in [3.63, 3.8) is 0 Å². The summed E-state index contributed by atoms with van der Waals surface area (Å²) in [5, 5.41) is 0. The lowest BCUT2D eigenvalue weighted by Gasteiger charge is -2.20. The van der Waals surface area contributed by atoms with Crippen LogP contribution in [0.2, 0.25) is 0 Å². The number of hydrogen-bond donors (Lipinski definition) is 0. The predicted octanol–water partition coefficient (Wildman–Crippen LogP) is 2.44. The molecule has 1 saturated carbocycles. The van der Waals surface area contributed by atoms with Crippen LogP contribution in [0.1, 0.15) is 38.5 Å². The minimum Gasteiger partial charge on any atom is -0.458 e. The summed E-state index contributed by atoms with van der Waals surface area (Å²) in [7, 11) is 0. The van der Waals surface area contributed by atoms with Gasteiger partial charge in [-0.2, -0.15) is 0 Å². The molecule has 13 heavy (non-hydrogen) atoms. The van der Waals surface area contributed by atoms with Gasteiger partial charge in [0.05, 0.1) is 0 Å². The maximum atomic E-state index is 11.2. The quantitative estimate of drug-likeness (QED) is 0.423. The van der Waals surface area contributed by atoms with Crippen LogP contribution in [0.3, 0.4) is 0 Å². The molecule has 2 atom stereocenters. The Bertz CT molecular complexity index is 232. The minimum atomic E-state index is -0.156. The SMILES string of the molecule is C=C1C(=O)O[C@H]2CCCCCC[C@@H]12. The Morgan fingerprint density at radius 2 is 1.85 bits per heavy atom. The van der Waals surface area contributed by atoms with Crippen LogP contribution in [0.15, 0.2) is 12.2 Å². The molecule has 2 heteroatoms. The Hall–Kier alpha value is -0.790. The molecule has 0 bridgehead atoms. The molecule has 2 rings (SSSR count). The molecule has 0 aromatic heterocycles. The van der Waals surface area contributed by atoms with Gasteiger partial charge in [-0.15, -0.1) is 0 Å². The average Bonchev–Trinajstić information content (AvgIpc) is 2.31.